The number of aliphatic hydroxyl groups is 1. The highest BCUT2D eigenvalue weighted by atomic mass is 16.6. The summed E-state index contributed by atoms with van der Waals surface area (Å²) in [4.78, 5) is 26.9. The van der Waals surface area contributed by atoms with E-state index in [0.29, 0.717) is 23.0 Å². The molecule has 1 unspecified atom stereocenters. The Morgan fingerprint density at radius 3 is 2.17 bits per heavy atom. The van der Waals surface area contributed by atoms with Gasteiger partial charge in [0, 0.05) is 23.6 Å². The van der Waals surface area contributed by atoms with Gasteiger partial charge >= 0.3 is 6.09 Å². The lowest BCUT2D eigenvalue weighted by Gasteiger charge is -2.25. The Labute approximate surface area is 284 Å². The molecule has 4 rings (SSSR count). The van der Waals surface area contributed by atoms with Gasteiger partial charge in [0.2, 0.25) is 5.56 Å². The third-order valence-electron chi connectivity index (χ3n) is 8.58. The summed E-state index contributed by atoms with van der Waals surface area (Å²) in [5, 5.41) is 31.1. The monoisotopic (exact) mass is 656 g/mol. The number of aromatic nitrogens is 1. The van der Waals surface area contributed by atoms with Crippen molar-refractivity contribution in [2.45, 2.75) is 83.3 Å². The minimum Gasteiger partial charge on any atom is -0.506 e. The van der Waals surface area contributed by atoms with Gasteiger partial charge in [0.25, 0.3) is 0 Å². The van der Waals surface area contributed by atoms with Crippen LogP contribution in [0.4, 0.5) is 10.5 Å². The van der Waals surface area contributed by atoms with Crippen LogP contribution in [0.15, 0.2) is 83.7 Å². The summed E-state index contributed by atoms with van der Waals surface area (Å²) in [5.74, 6) is -0.00434. The number of benzene rings is 3. The van der Waals surface area contributed by atoms with Crippen molar-refractivity contribution in [3.05, 3.63) is 94.8 Å². The van der Waals surface area contributed by atoms with Crippen LogP contribution in [0, 0.1) is 0 Å². The number of para-hydroxylation sites is 1. The second-order valence-electron chi connectivity index (χ2n) is 13.0. The SMILES string of the molecule is CC(C)(CCNCCCCCCCCCCNCC(O)c1ccc(O)c2[nH]c(=O)ccc12)OC(=O)Nc1ccccc1-c1ccccc1. The molecule has 1 heterocycles. The number of amides is 1. The van der Waals surface area contributed by atoms with Gasteiger partial charge in [-0.1, -0.05) is 93.1 Å². The summed E-state index contributed by atoms with van der Waals surface area (Å²) < 4.78 is 5.77. The van der Waals surface area contributed by atoms with Crippen molar-refractivity contribution in [2.24, 2.45) is 0 Å². The average Bonchev–Trinajstić information content (AvgIpc) is 3.07. The largest absolute Gasteiger partial charge is 0.506 e. The molecule has 48 heavy (non-hydrogen) atoms. The fourth-order valence-electron chi connectivity index (χ4n) is 5.87. The molecule has 6 N–H and O–H groups in total. The molecule has 9 heteroatoms. The Kier molecular flexibility index (Phi) is 14.5. The molecule has 0 saturated heterocycles. The third kappa shape index (κ3) is 11.8. The van der Waals surface area contributed by atoms with Gasteiger partial charge < -0.3 is 30.6 Å². The Hall–Kier alpha value is -4.18. The number of phenolic OH excluding ortho intramolecular Hbond substituents is 1. The number of carbonyl (C=O) groups is 1. The van der Waals surface area contributed by atoms with Crippen LogP contribution in [0.5, 0.6) is 5.75 Å². The van der Waals surface area contributed by atoms with E-state index in [0.717, 1.165) is 62.1 Å². The predicted molar refractivity (Wildman–Crippen MR) is 195 cm³/mol. The predicted octanol–water partition coefficient (Wildman–Crippen LogP) is 7.65. The molecule has 1 aromatic heterocycles. The Bertz CT molecular complexity index is 1620. The lowest BCUT2D eigenvalue weighted by molar-refractivity contribution is 0.0427. The summed E-state index contributed by atoms with van der Waals surface area (Å²) in [6.45, 7) is 6.89. The highest BCUT2D eigenvalue weighted by Gasteiger charge is 2.23. The molecule has 1 amide bonds. The molecule has 1 atom stereocenters. The molecular weight excluding hydrogens is 604 g/mol. The van der Waals surface area contributed by atoms with Crippen molar-refractivity contribution in [3.63, 3.8) is 0 Å². The zero-order valence-corrected chi connectivity index (χ0v) is 28.4. The Morgan fingerprint density at radius 2 is 1.44 bits per heavy atom. The zero-order chi connectivity index (χ0) is 34.2. The first-order valence-corrected chi connectivity index (χ1v) is 17.3. The first kappa shape index (κ1) is 36.7. The smallest absolute Gasteiger partial charge is 0.412 e. The van der Waals surface area contributed by atoms with Gasteiger partial charge in [-0.2, -0.15) is 0 Å². The molecule has 258 valence electrons. The number of hydrogen-bond donors (Lipinski definition) is 6. The lowest BCUT2D eigenvalue weighted by atomic mass is 10.0. The van der Waals surface area contributed by atoms with E-state index in [1.807, 2.05) is 68.4 Å². The van der Waals surface area contributed by atoms with E-state index in [4.69, 9.17) is 4.74 Å². The van der Waals surface area contributed by atoms with Gasteiger partial charge in [0.15, 0.2) is 0 Å². The second-order valence-corrected chi connectivity index (χ2v) is 13.0. The van der Waals surface area contributed by atoms with E-state index in [-0.39, 0.29) is 11.3 Å². The van der Waals surface area contributed by atoms with Crippen molar-refractivity contribution in [2.75, 3.05) is 31.5 Å². The van der Waals surface area contributed by atoms with E-state index in [2.05, 4.69) is 20.9 Å². The van der Waals surface area contributed by atoms with Gasteiger partial charge in [-0.15, -0.1) is 0 Å². The number of pyridine rings is 1. The van der Waals surface area contributed by atoms with Crippen molar-refractivity contribution in [1.82, 2.24) is 15.6 Å². The first-order valence-electron chi connectivity index (χ1n) is 17.3. The number of aliphatic hydroxyl groups excluding tert-OH is 1. The normalized spacial score (nSPS) is 12.2. The maximum Gasteiger partial charge on any atom is 0.412 e. The fourth-order valence-corrected chi connectivity index (χ4v) is 5.87. The van der Waals surface area contributed by atoms with Crippen LogP contribution < -0.4 is 21.5 Å². The van der Waals surface area contributed by atoms with Gasteiger partial charge in [-0.05, 0) is 82.1 Å². The molecular formula is C39H52N4O5. The molecule has 0 aliphatic rings. The summed E-state index contributed by atoms with van der Waals surface area (Å²) in [6, 6.07) is 24.0. The highest BCUT2D eigenvalue weighted by molar-refractivity contribution is 5.91. The molecule has 0 radical (unpaired) electrons. The number of phenols is 1. The average molecular weight is 657 g/mol. The van der Waals surface area contributed by atoms with Crippen molar-refractivity contribution < 1.29 is 19.7 Å². The molecule has 0 spiro atoms. The number of anilines is 1. The zero-order valence-electron chi connectivity index (χ0n) is 28.4. The molecule has 0 fully saturated rings. The van der Waals surface area contributed by atoms with Crippen molar-refractivity contribution in [1.29, 1.82) is 0 Å². The number of H-pyrrole nitrogens is 1. The van der Waals surface area contributed by atoms with Gasteiger partial charge in [0.05, 0.1) is 17.3 Å². The number of ether oxygens (including phenoxy) is 1. The van der Waals surface area contributed by atoms with E-state index in [1.165, 1.54) is 44.2 Å². The van der Waals surface area contributed by atoms with E-state index in [9.17, 15) is 19.8 Å². The van der Waals surface area contributed by atoms with Crippen LogP contribution in [-0.4, -0.2) is 53.1 Å². The minimum atomic E-state index is -0.728. The van der Waals surface area contributed by atoms with Crippen LogP contribution in [0.3, 0.4) is 0 Å². The number of fused-ring (bicyclic) bond motifs is 1. The van der Waals surface area contributed by atoms with Crippen molar-refractivity contribution in [3.8, 4) is 16.9 Å². The molecule has 0 bridgehead atoms. The molecule has 9 nitrogen and oxygen atoms in total. The van der Waals surface area contributed by atoms with Gasteiger partial charge in [-0.3, -0.25) is 10.1 Å². The Balaban J connectivity index is 0.978. The summed E-state index contributed by atoms with van der Waals surface area (Å²) in [5.41, 5.74) is 2.89. The Morgan fingerprint density at radius 1 is 0.792 bits per heavy atom. The standard InChI is InChI=1S/C39H52N4O5/c1-39(2,48-38(47)42-33-19-13-12-18-30(33)29-16-10-9-11-17-29)24-27-40-25-14-7-5-3-4-6-8-15-26-41-28-35(45)31-20-22-34(44)37-32(31)21-23-36(46)43-37/h9-13,16-23,35,40-41,44-45H,3-8,14-15,24-28H2,1-2H3,(H,42,47)(H,43,46). The van der Waals surface area contributed by atoms with E-state index < -0.39 is 17.8 Å². The quantitative estimate of drug-likeness (QED) is 0.0538. The van der Waals surface area contributed by atoms with Gasteiger partial charge in [0.1, 0.15) is 11.4 Å². The number of unbranched alkanes of at least 4 members (excludes halogenated alkanes) is 7. The number of aromatic amines is 1. The topological polar surface area (TPSA) is 136 Å². The summed E-state index contributed by atoms with van der Waals surface area (Å²) in [6.07, 6.45) is 9.02. The molecule has 0 saturated carbocycles. The molecule has 3 aromatic carbocycles. The maximum absolute atomic E-state index is 12.7. The second kappa shape index (κ2) is 19.0. The minimum absolute atomic E-state index is 0.00434. The number of aromatic hydroxyl groups is 1. The van der Waals surface area contributed by atoms with Gasteiger partial charge in [-0.25, -0.2) is 4.79 Å². The highest BCUT2D eigenvalue weighted by Crippen LogP contribution is 2.29. The number of nitrogens with one attached hydrogen (secondary N) is 4. The molecule has 0 aliphatic carbocycles. The molecule has 0 aliphatic heterocycles. The van der Waals surface area contributed by atoms with E-state index >= 15 is 0 Å². The maximum atomic E-state index is 12.7. The van der Waals surface area contributed by atoms with Crippen LogP contribution in [0.1, 0.15) is 83.3 Å². The van der Waals surface area contributed by atoms with Crippen molar-refractivity contribution >= 4 is 22.7 Å². The van der Waals surface area contributed by atoms with E-state index in [1.54, 1.807) is 12.1 Å². The molecule has 4 aromatic rings. The summed E-state index contributed by atoms with van der Waals surface area (Å²) in [7, 11) is 0. The first-order chi connectivity index (χ1) is 23.2. The lowest BCUT2D eigenvalue weighted by Crippen LogP contribution is -2.34. The van der Waals surface area contributed by atoms with Crippen LogP contribution in [0.25, 0.3) is 22.0 Å². The van der Waals surface area contributed by atoms with Crippen LogP contribution >= 0.6 is 0 Å². The third-order valence-corrected chi connectivity index (χ3v) is 8.58. The fraction of sp³-hybridized carbons (Fsp3) is 0.436. The van der Waals surface area contributed by atoms with Crippen LogP contribution in [0.2, 0.25) is 0 Å². The number of rotatable bonds is 20. The summed E-state index contributed by atoms with van der Waals surface area (Å²) >= 11 is 0. The number of hydrogen-bond acceptors (Lipinski definition) is 7. The number of carbonyl (C=O) groups excluding carboxylic acids is 1. The van der Waals surface area contributed by atoms with Crippen LogP contribution in [-0.2, 0) is 4.74 Å².